The van der Waals surface area contributed by atoms with Gasteiger partial charge in [-0.3, -0.25) is 9.89 Å². The van der Waals surface area contributed by atoms with Crippen LogP contribution in [0.5, 0.6) is 11.5 Å². The van der Waals surface area contributed by atoms with E-state index in [4.69, 9.17) is 9.47 Å². The second-order valence-electron chi connectivity index (χ2n) is 6.02. The van der Waals surface area contributed by atoms with E-state index in [1.54, 1.807) is 11.9 Å². The Balaban J connectivity index is 1.75. The van der Waals surface area contributed by atoms with Crippen molar-refractivity contribution in [2.24, 2.45) is 0 Å². The molecule has 1 aliphatic rings. The van der Waals surface area contributed by atoms with Crippen LogP contribution in [0.4, 0.5) is 0 Å². The maximum Gasteiger partial charge on any atom is 0.274 e. The molecule has 0 bridgehead atoms. The van der Waals surface area contributed by atoms with E-state index in [0.717, 1.165) is 35.6 Å². The van der Waals surface area contributed by atoms with E-state index in [1.165, 1.54) is 0 Å². The predicted molar refractivity (Wildman–Crippen MR) is 90.5 cm³/mol. The molecule has 3 rings (SSSR count). The van der Waals surface area contributed by atoms with Crippen LogP contribution in [0.3, 0.4) is 0 Å². The highest BCUT2D eigenvalue weighted by Gasteiger charge is 2.23. The van der Waals surface area contributed by atoms with Crippen molar-refractivity contribution in [3.05, 3.63) is 41.2 Å². The molecule has 1 aromatic carbocycles. The standard InChI is InChI=1S/C18H23N3O3/c1-4-5-14-11-15(20-19-14)18(22)21(3)12(2)13-6-7-16-17(10-13)24-9-8-23-16/h6-7,10-12H,4-5,8-9H2,1-3H3,(H,19,20). The first kappa shape index (κ1) is 16.4. The number of carbonyl (C=O) groups is 1. The van der Waals surface area contributed by atoms with Gasteiger partial charge in [0.05, 0.1) is 6.04 Å². The zero-order valence-electron chi connectivity index (χ0n) is 14.3. The number of aromatic nitrogens is 2. The maximum atomic E-state index is 12.7. The molecule has 0 saturated heterocycles. The van der Waals surface area contributed by atoms with Crippen LogP contribution in [0.15, 0.2) is 24.3 Å². The summed E-state index contributed by atoms with van der Waals surface area (Å²) in [6.45, 7) is 5.20. The Morgan fingerprint density at radius 2 is 2.04 bits per heavy atom. The first-order valence-corrected chi connectivity index (χ1v) is 8.31. The molecule has 24 heavy (non-hydrogen) atoms. The van der Waals surface area contributed by atoms with Crippen molar-refractivity contribution in [3.8, 4) is 11.5 Å². The van der Waals surface area contributed by atoms with Gasteiger partial charge in [0.25, 0.3) is 5.91 Å². The summed E-state index contributed by atoms with van der Waals surface area (Å²) in [6, 6.07) is 7.54. The van der Waals surface area contributed by atoms with E-state index < -0.39 is 0 Å². The Labute approximate surface area is 141 Å². The molecule has 0 radical (unpaired) electrons. The monoisotopic (exact) mass is 329 g/mol. The summed E-state index contributed by atoms with van der Waals surface area (Å²) >= 11 is 0. The molecule has 0 saturated carbocycles. The molecule has 1 unspecified atom stereocenters. The molecule has 1 aromatic heterocycles. The quantitative estimate of drug-likeness (QED) is 0.916. The molecule has 0 fully saturated rings. The fourth-order valence-corrected chi connectivity index (χ4v) is 2.77. The number of rotatable bonds is 5. The molecule has 2 aromatic rings. The van der Waals surface area contributed by atoms with Crippen molar-refractivity contribution < 1.29 is 14.3 Å². The molecule has 128 valence electrons. The van der Waals surface area contributed by atoms with E-state index in [2.05, 4.69) is 17.1 Å². The second-order valence-corrected chi connectivity index (χ2v) is 6.02. The SMILES string of the molecule is CCCc1cc(C(=O)N(C)C(C)c2ccc3c(c2)OCCO3)n[nH]1. The van der Waals surface area contributed by atoms with Crippen molar-refractivity contribution in [2.75, 3.05) is 20.3 Å². The first-order valence-electron chi connectivity index (χ1n) is 8.31. The lowest BCUT2D eigenvalue weighted by Crippen LogP contribution is -2.30. The van der Waals surface area contributed by atoms with Gasteiger partial charge in [0.2, 0.25) is 0 Å². The first-order chi connectivity index (χ1) is 11.6. The predicted octanol–water partition coefficient (Wildman–Crippen LogP) is 2.97. The van der Waals surface area contributed by atoms with E-state index in [1.807, 2.05) is 31.2 Å². The van der Waals surface area contributed by atoms with Crippen LogP contribution in [0.2, 0.25) is 0 Å². The number of ether oxygens (including phenoxy) is 2. The normalized spacial score (nSPS) is 14.3. The minimum atomic E-state index is -0.101. The maximum absolute atomic E-state index is 12.7. The van der Waals surface area contributed by atoms with E-state index in [-0.39, 0.29) is 11.9 Å². The third-order valence-electron chi connectivity index (χ3n) is 4.32. The minimum Gasteiger partial charge on any atom is -0.486 e. The lowest BCUT2D eigenvalue weighted by atomic mass is 10.1. The zero-order chi connectivity index (χ0) is 17.1. The summed E-state index contributed by atoms with van der Waals surface area (Å²) in [7, 11) is 1.79. The molecule has 1 atom stereocenters. The van der Waals surface area contributed by atoms with Crippen molar-refractivity contribution in [2.45, 2.75) is 32.7 Å². The molecule has 1 amide bonds. The zero-order valence-corrected chi connectivity index (χ0v) is 14.3. The molecule has 1 N–H and O–H groups in total. The van der Waals surface area contributed by atoms with E-state index in [0.29, 0.717) is 18.9 Å². The molecule has 2 heterocycles. The molecule has 1 aliphatic heterocycles. The highest BCUT2D eigenvalue weighted by atomic mass is 16.6. The lowest BCUT2D eigenvalue weighted by molar-refractivity contribution is 0.0736. The molecule has 0 aliphatic carbocycles. The summed E-state index contributed by atoms with van der Waals surface area (Å²) in [4.78, 5) is 14.3. The van der Waals surface area contributed by atoms with Crippen LogP contribution in [0.1, 0.15) is 48.1 Å². The fraction of sp³-hybridized carbons (Fsp3) is 0.444. The molecule has 6 nitrogen and oxygen atoms in total. The lowest BCUT2D eigenvalue weighted by Gasteiger charge is -2.26. The van der Waals surface area contributed by atoms with Gasteiger partial charge in [-0.1, -0.05) is 19.4 Å². The van der Waals surface area contributed by atoms with Crippen LogP contribution in [-0.4, -0.2) is 41.3 Å². The summed E-state index contributed by atoms with van der Waals surface area (Å²) in [5.74, 6) is 1.38. The van der Waals surface area contributed by atoms with Crippen molar-refractivity contribution in [1.82, 2.24) is 15.1 Å². The van der Waals surface area contributed by atoms with E-state index in [9.17, 15) is 4.79 Å². The summed E-state index contributed by atoms with van der Waals surface area (Å²) in [6.07, 6.45) is 1.90. The number of aromatic amines is 1. The molecular weight excluding hydrogens is 306 g/mol. The molecule has 6 heteroatoms. The summed E-state index contributed by atoms with van der Waals surface area (Å²) < 4.78 is 11.2. The Morgan fingerprint density at radius 3 is 2.79 bits per heavy atom. The number of aryl methyl sites for hydroxylation is 1. The second kappa shape index (κ2) is 6.95. The third kappa shape index (κ3) is 3.22. The Kier molecular flexibility index (Phi) is 4.74. The number of hydrogen-bond acceptors (Lipinski definition) is 4. The molecule has 0 spiro atoms. The van der Waals surface area contributed by atoms with Crippen LogP contribution < -0.4 is 9.47 Å². The number of amides is 1. The van der Waals surface area contributed by atoms with E-state index >= 15 is 0 Å². The van der Waals surface area contributed by atoms with Crippen molar-refractivity contribution >= 4 is 5.91 Å². The number of hydrogen-bond donors (Lipinski definition) is 1. The van der Waals surface area contributed by atoms with Gasteiger partial charge < -0.3 is 14.4 Å². The van der Waals surface area contributed by atoms with Gasteiger partial charge in [0.15, 0.2) is 11.5 Å². The van der Waals surface area contributed by atoms with Crippen LogP contribution >= 0.6 is 0 Å². The van der Waals surface area contributed by atoms with Gasteiger partial charge in [-0.05, 0) is 37.1 Å². The highest BCUT2D eigenvalue weighted by molar-refractivity contribution is 5.92. The molecular formula is C18H23N3O3. The van der Waals surface area contributed by atoms with Crippen molar-refractivity contribution in [1.29, 1.82) is 0 Å². The van der Waals surface area contributed by atoms with Crippen LogP contribution in [0, 0.1) is 0 Å². The summed E-state index contributed by atoms with van der Waals surface area (Å²) in [5.41, 5.74) is 2.44. The number of nitrogens with one attached hydrogen (secondary N) is 1. The third-order valence-corrected chi connectivity index (χ3v) is 4.32. The van der Waals surface area contributed by atoms with Gasteiger partial charge >= 0.3 is 0 Å². The van der Waals surface area contributed by atoms with Crippen LogP contribution in [0.25, 0.3) is 0 Å². The van der Waals surface area contributed by atoms with Gasteiger partial charge in [0.1, 0.15) is 18.9 Å². The van der Waals surface area contributed by atoms with Gasteiger partial charge in [-0.2, -0.15) is 5.10 Å². The number of nitrogens with zero attached hydrogens (tertiary/aromatic N) is 2. The fourth-order valence-electron chi connectivity index (χ4n) is 2.77. The van der Waals surface area contributed by atoms with Gasteiger partial charge in [0, 0.05) is 12.7 Å². The topological polar surface area (TPSA) is 67.5 Å². The minimum absolute atomic E-state index is 0.0975. The Bertz CT molecular complexity index is 726. The van der Waals surface area contributed by atoms with Crippen LogP contribution in [-0.2, 0) is 6.42 Å². The van der Waals surface area contributed by atoms with Crippen molar-refractivity contribution in [3.63, 3.8) is 0 Å². The smallest absolute Gasteiger partial charge is 0.274 e. The van der Waals surface area contributed by atoms with Gasteiger partial charge in [-0.25, -0.2) is 0 Å². The van der Waals surface area contributed by atoms with Gasteiger partial charge in [-0.15, -0.1) is 0 Å². The Morgan fingerprint density at radius 1 is 1.29 bits per heavy atom. The highest BCUT2D eigenvalue weighted by Crippen LogP contribution is 2.34. The number of carbonyl (C=O) groups excluding carboxylic acids is 1. The average Bonchev–Trinajstić information content (AvgIpc) is 3.08. The summed E-state index contributed by atoms with van der Waals surface area (Å²) in [5, 5.41) is 7.07. The number of fused-ring (bicyclic) bond motifs is 1. The largest absolute Gasteiger partial charge is 0.486 e. The average molecular weight is 329 g/mol. The Hall–Kier alpha value is -2.50. The number of H-pyrrole nitrogens is 1. The number of benzene rings is 1.